The fraction of sp³-hybridized carbons (Fsp3) is 0.368. The van der Waals surface area contributed by atoms with Gasteiger partial charge in [-0.25, -0.2) is 17.7 Å². The molecule has 2 heterocycles. The third-order valence-corrected chi connectivity index (χ3v) is 5.82. The van der Waals surface area contributed by atoms with Gasteiger partial charge < -0.3 is 10.1 Å². The molecule has 2 aromatic rings. The molecule has 27 heavy (non-hydrogen) atoms. The van der Waals surface area contributed by atoms with E-state index in [1.54, 1.807) is 12.3 Å². The van der Waals surface area contributed by atoms with Gasteiger partial charge in [-0.2, -0.15) is 0 Å². The van der Waals surface area contributed by atoms with Crippen LogP contribution in [-0.2, 0) is 21.4 Å². The van der Waals surface area contributed by atoms with Crippen LogP contribution in [0.1, 0.15) is 18.4 Å². The zero-order valence-corrected chi connectivity index (χ0v) is 16.0. The van der Waals surface area contributed by atoms with Crippen LogP contribution in [0.3, 0.4) is 0 Å². The van der Waals surface area contributed by atoms with Gasteiger partial charge in [-0.3, -0.25) is 4.79 Å². The number of hydrogen-bond acceptors (Lipinski definition) is 5. The van der Waals surface area contributed by atoms with Crippen LogP contribution in [0.2, 0.25) is 0 Å². The summed E-state index contributed by atoms with van der Waals surface area (Å²) in [6, 6.07) is 12.9. The molecule has 0 unspecified atom stereocenters. The number of aromatic nitrogens is 1. The van der Waals surface area contributed by atoms with Crippen molar-refractivity contribution in [2.75, 3.05) is 19.3 Å². The van der Waals surface area contributed by atoms with Gasteiger partial charge in [0.05, 0.1) is 6.26 Å². The molecule has 1 saturated heterocycles. The Morgan fingerprint density at radius 2 is 2.00 bits per heavy atom. The number of nitrogens with one attached hydrogen (secondary N) is 1. The van der Waals surface area contributed by atoms with Gasteiger partial charge in [-0.05, 0) is 36.6 Å². The van der Waals surface area contributed by atoms with Gasteiger partial charge in [0.1, 0.15) is 5.75 Å². The lowest BCUT2D eigenvalue weighted by molar-refractivity contribution is -0.126. The molecule has 1 fully saturated rings. The van der Waals surface area contributed by atoms with Crippen molar-refractivity contribution in [3.63, 3.8) is 0 Å². The average molecular weight is 389 g/mol. The fourth-order valence-electron chi connectivity index (χ4n) is 3.03. The van der Waals surface area contributed by atoms with E-state index in [0.29, 0.717) is 44.1 Å². The minimum absolute atomic E-state index is 0.0424. The average Bonchev–Trinajstić information content (AvgIpc) is 2.67. The predicted molar refractivity (Wildman–Crippen MR) is 102 cm³/mol. The van der Waals surface area contributed by atoms with E-state index in [9.17, 15) is 13.2 Å². The van der Waals surface area contributed by atoms with E-state index in [2.05, 4.69) is 10.3 Å². The highest BCUT2D eigenvalue weighted by Crippen LogP contribution is 2.21. The van der Waals surface area contributed by atoms with Crippen molar-refractivity contribution in [3.8, 4) is 11.6 Å². The van der Waals surface area contributed by atoms with Crippen molar-refractivity contribution in [3.05, 3.63) is 54.2 Å². The molecule has 7 nitrogen and oxygen atoms in total. The fourth-order valence-corrected chi connectivity index (χ4v) is 3.90. The van der Waals surface area contributed by atoms with Gasteiger partial charge in [0, 0.05) is 37.8 Å². The Morgan fingerprint density at radius 3 is 2.67 bits per heavy atom. The maximum Gasteiger partial charge on any atom is 0.223 e. The summed E-state index contributed by atoms with van der Waals surface area (Å²) in [4.78, 5) is 16.5. The standard InChI is InChI=1S/C19H23N3O4S/c1-27(24,25)22-11-8-16(9-12-22)19(23)21-14-15-5-4-6-17(13-15)26-18-7-2-3-10-20-18/h2-7,10,13,16H,8-9,11-12,14H2,1H3,(H,21,23). The normalized spacial score (nSPS) is 16.0. The number of benzene rings is 1. The number of ether oxygens (including phenoxy) is 1. The van der Waals surface area contributed by atoms with Crippen LogP contribution in [0.5, 0.6) is 11.6 Å². The zero-order chi connectivity index (χ0) is 19.3. The predicted octanol–water partition coefficient (Wildman–Crippen LogP) is 2.16. The molecule has 1 aromatic heterocycles. The topological polar surface area (TPSA) is 88.6 Å². The quantitative estimate of drug-likeness (QED) is 0.818. The number of piperidine rings is 1. The van der Waals surface area contributed by atoms with Gasteiger partial charge in [0.25, 0.3) is 0 Å². The molecule has 144 valence electrons. The molecular weight excluding hydrogens is 366 g/mol. The minimum atomic E-state index is -3.18. The first-order valence-electron chi connectivity index (χ1n) is 8.82. The van der Waals surface area contributed by atoms with E-state index in [4.69, 9.17) is 4.74 Å². The number of nitrogens with zero attached hydrogens (tertiary/aromatic N) is 2. The second-order valence-corrected chi connectivity index (χ2v) is 8.55. The lowest BCUT2D eigenvalue weighted by Gasteiger charge is -2.29. The first-order valence-corrected chi connectivity index (χ1v) is 10.7. The van der Waals surface area contributed by atoms with Crippen molar-refractivity contribution >= 4 is 15.9 Å². The van der Waals surface area contributed by atoms with Crippen LogP contribution in [0, 0.1) is 5.92 Å². The molecule has 1 aliphatic heterocycles. The number of carbonyl (C=O) groups is 1. The highest BCUT2D eigenvalue weighted by atomic mass is 32.2. The first-order chi connectivity index (χ1) is 12.9. The zero-order valence-electron chi connectivity index (χ0n) is 15.2. The van der Waals surface area contributed by atoms with Gasteiger partial charge in [0.15, 0.2) is 0 Å². The summed E-state index contributed by atoms with van der Waals surface area (Å²) in [5.74, 6) is 0.966. The molecule has 0 bridgehead atoms. The molecule has 0 saturated carbocycles. The maximum atomic E-state index is 12.4. The lowest BCUT2D eigenvalue weighted by atomic mass is 9.97. The first kappa shape index (κ1) is 19.3. The van der Waals surface area contributed by atoms with Gasteiger partial charge >= 0.3 is 0 Å². The number of sulfonamides is 1. The molecule has 8 heteroatoms. The van der Waals surface area contributed by atoms with E-state index in [0.717, 1.165) is 5.56 Å². The van der Waals surface area contributed by atoms with Crippen molar-refractivity contribution < 1.29 is 17.9 Å². The summed E-state index contributed by atoms with van der Waals surface area (Å²) in [6.07, 6.45) is 3.95. The summed E-state index contributed by atoms with van der Waals surface area (Å²) in [5.41, 5.74) is 0.922. The summed E-state index contributed by atoms with van der Waals surface area (Å²) in [6.45, 7) is 1.18. The lowest BCUT2D eigenvalue weighted by Crippen LogP contribution is -2.42. The van der Waals surface area contributed by atoms with Crippen LogP contribution >= 0.6 is 0 Å². The SMILES string of the molecule is CS(=O)(=O)N1CCC(C(=O)NCc2cccc(Oc3ccccn3)c2)CC1. The number of hydrogen-bond donors (Lipinski definition) is 1. The number of carbonyl (C=O) groups excluding carboxylic acids is 1. The molecule has 0 atom stereocenters. The third-order valence-electron chi connectivity index (χ3n) is 4.52. The van der Waals surface area contributed by atoms with E-state index in [1.807, 2.05) is 36.4 Å². The van der Waals surface area contributed by atoms with Gasteiger partial charge in [-0.1, -0.05) is 18.2 Å². The number of rotatable bonds is 6. The Morgan fingerprint density at radius 1 is 1.22 bits per heavy atom. The molecule has 0 aliphatic carbocycles. The van der Waals surface area contributed by atoms with Crippen molar-refractivity contribution in [2.45, 2.75) is 19.4 Å². The highest BCUT2D eigenvalue weighted by Gasteiger charge is 2.28. The van der Waals surface area contributed by atoms with Crippen LogP contribution in [-0.4, -0.2) is 43.0 Å². The smallest absolute Gasteiger partial charge is 0.223 e. The Hall–Kier alpha value is -2.45. The van der Waals surface area contributed by atoms with Crippen molar-refractivity contribution in [2.24, 2.45) is 5.92 Å². The van der Waals surface area contributed by atoms with Gasteiger partial charge in [0.2, 0.25) is 21.8 Å². The molecule has 0 radical (unpaired) electrons. The molecule has 1 aliphatic rings. The minimum Gasteiger partial charge on any atom is -0.439 e. The number of amides is 1. The highest BCUT2D eigenvalue weighted by molar-refractivity contribution is 7.88. The van der Waals surface area contributed by atoms with Crippen LogP contribution in [0.4, 0.5) is 0 Å². The van der Waals surface area contributed by atoms with Crippen LogP contribution in [0.25, 0.3) is 0 Å². The van der Waals surface area contributed by atoms with Crippen molar-refractivity contribution in [1.29, 1.82) is 0 Å². The summed E-state index contributed by atoms with van der Waals surface area (Å²) in [7, 11) is -3.18. The van der Waals surface area contributed by atoms with Gasteiger partial charge in [-0.15, -0.1) is 0 Å². The molecule has 1 N–H and O–H groups in total. The Labute approximate surface area is 159 Å². The Balaban J connectivity index is 1.51. The monoisotopic (exact) mass is 389 g/mol. The summed E-state index contributed by atoms with van der Waals surface area (Å²) >= 11 is 0. The Kier molecular flexibility index (Phi) is 6.08. The van der Waals surface area contributed by atoms with E-state index < -0.39 is 10.0 Å². The van der Waals surface area contributed by atoms with E-state index in [-0.39, 0.29) is 11.8 Å². The molecule has 1 aromatic carbocycles. The second kappa shape index (κ2) is 8.49. The molecular formula is C19H23N3O4S. The maximum absolute atomic E-state index is 12.4. The Bertz CT molecular complexity index is 879. The van der Waals surface area contributed by atoms with E-state index in [1.165, 1.54) is 10.6 Å². The van der Waals surface area contributed by atoms with Crippen molar-refractivity contribution in [1.82, 2.24) is 14.6 Å². The molecule has 3 rings (SSSR count). The summed E-state index contributed by atoms with van der Waals surface area (Å²) in [5, 5.41) is 2.94. The second-order valence-electron chi connectivity index (χ2n) is 6.57. The van der Waals surface area contributed by atoms with E-state index >= 15 is 0 Å². The van der Waals surface area contributed by atoms with Crippen LogP contribution in [0.15, 0.2) is 48.7 Å². The largest absolute Gasteiger partial charge is 0.439 e. The number of pyridine rings is 1. The van der Waals surface area contributed by atoms with Crippen LogP contribution < -0.4 is 10.1 Å². The summed E-state index contributed by atoms with van der Waals surface area (Å²) < 4.78 is 30.2. The third kappa shape index (κ3) is 5.51. The molecule has 1 amide bonds. The molecule has 0 spiro atoms.